The Labute approximate surface area is 182 Å². The number of carbonyl (C=O) groups is 1. The second kappa shape index (κ2) is 7.67. The molecular weight excluding hydrogens is 414 g/mol. The standard InChI is InChI=1S/C23H20F2N6O/c1-14-21-19(22(29(2)28-21)15-11-16(24)13-17(25)12-15)7-10-30(14)23(32)18-5-3-4-6-20(18)31-26-8-9-27-31/h3-6,8-9,11-14H,7,10H2,1-2H3. The van der Waals surface area contributed by atoms with Gasteiger partial charge in [0.2, 0.25) is 0 Å². The Bertz CT molecular complexity index is 1290. The molecule has 1 unspecified atom stereocenters. The molecule has 1 atom stereocenters. The average Bonchev–Trinajstić information content (AvgIpc) is 3.41. The van der Waals surface area contributed by atoms with Gasteiger partial charge in [-0.3, -0.25) is 9.48 Å². The number of hydrogen-bond acceptors (Lipinski definition) is 4. The number of carbonyl (C=O) groups excluding carboxylic acids is 1. The topological polar surface area (TPSA) is 68.8 Å². The molecule has 0 saturated heterocycles. The van der Waals surface area contributed by atoms with E-state index >= 15 is 0 Å². The summed E-state index contributed by atoms with van der Waals surface area (Å²) in [6.45, 7) is 2.36. The molecule has 7 nitrogen and oxygen atoms in total. The Kier molecular flexibility index (Phi) is 4.80. The van der Waals surface area contributed by atoms with Crippen molar-refractivity contribution in [3.05, 3.63) is 83.3 Å². The van der Waals surface area contributed by atoms with Crippen LogP contribution in [-0.2, 0) is 13.5 Å². The maximum Gasteiger partial charge on any atom is 0.256 e. The number of para-hydroxylation sites is 1. The van der Waals surface area contributed by atoms with E-state index in [1.807, 2.05) is 13.0 Å². The monoisotopic (exact) mass is 434 g/mol. The molecule has 32 heavy (non-hydrogen) atoms. The lowest BCUT2D eigenvalue weighted by Crippen LogP contribution is -2.39. The number of nitrogens with zero attached hydrogens (tertiary/aromatic N) is 6. The van der Waals surface area contributed by atoms with E-state index in [0.29, 0.717) is 35.5 Å². The van der Waals surface area contributed by atoms with Crippen LogP contribution in [0.15, 0.2) is 54.9 Å². The van der Waals surface area contributed by atoms with E-state index in [9.17, 15) is 13.6 Å². The van der Waals surface area contributed by atoms with Crippen molar-refractivity contribution in [2.75, 3.05) is 6.54 Å². The fourth-order valence-electron chi connectivity index (χ4n) is 4.40. The third-order valence-electron chi connectivity index (χ3n) is 5.81. The number of aryl methyl sites for hydroxylation is 1. The number of aromatic nitrogens is 5. The highest BCUT2D eigenvalue weighted by Crippen LogP contribution is 2.36. The predicted molar refractivity (Wildman–Crippen MR) is 113 cm³/mol. The first-order chi connectivity index (χ1) is 15.4. The van der Waals surface area contributed by atoms with Crippen LogP contribution in [0.4, 0.5) is 8.78 Å². The lowest BCUT2D eigenvalue weighted by molar-refractivity contribution is 0.0673. The number of fused-ring (bicyclic) bond motifs is 1. The van der Waals surface area contributed by atoms with Crippen LogP contribution in [0.2, 0.25) is 0 Å². The van der Waals surface area contributed by atoms with Crippen molar-refractivity contribution in [3.8, 4) is 16.9 Å². The van der Waals surface area contributed by atoms with Crippen LogP contribution in [0.25, 0.3) is 16.9 Å². The summed E-state index contributed by atoms with van der Waals surface area (Å²) in [4.78, 5) is 16.7. The molecule has 2 aromatic carbocycles. The molecule has 0 bridgehead atoms. The Morgan fingerprint density at radius 3 is 2.47 bits per heavy atom. The van der Waals surface area contributed by atoms with Gasteiger partial charge in [0.1, 0.15) is 11.6 Å². The molecule has 0 spiro atoms. The number of rotatable bonds is 3. The first-order valence-corrected chi connectivity index (χ1v) is 10.2. The van der Waals surface area contributed by atoms with Crippen LogP contribution >= 0.6 is 0 Å². The summed E-state index contributed by atoms with van der Waals surface area (Å²) >= 11 is 0. The first kappa shape index (κ1) is 20.0. The quantitative estimate of drug-likeness (QED) is 0.493. The second-order valence-corrected chi connectivity index (χ2v) is 7.75. The Hall–Kier alpha value is -3.88. The minimum absolute atomic E-state index is 0.153. The van der Waals surface area contributed by atoms with Gasteiger partial charge in [-0.1, -0.05) is 12.1 Å². The summed E-state index contributed by atoms with van der Waals surface area (Å²) in [6, 6.07) is 10.3. The van der Waals surface area contributed by atoms with Crippen molar-refractivity contribution in [3.63, 3.8) is 0 Å². The van der Waals surface area contributed by atoms with Crippen molar-refractivity contribution >= 4 is 5.91 Å². The zero-order chi connectivity index (χ0) is 22.4. The van der Waals surface area contributed by atoms with Crippen LogP contribution in [0, 0.1) is 11.6 Å². The molecule has 1 aliphatic heterocycles. The molecule has 1 aliphatic rings. The molecule has 1 amide bonds. The largest absolute Gasteiger partial charge is 0.330 e. The Morgan fingerprint density at radius 2 is 1.75 bits per heavy atom. The summed E-state index contributed by atoms with van der Waals surface area (Å²) in [5.41, 5.74) is 3.80. The van der Waals surface area contributed by atoms with E-state index in [4.69, 9.17) is 0 Å². The van der Waals surface area contributed by atoms with Gasteiger partial charge >= 0.3 is 0 Å². The maximum absolute atomic E-state index is 13.8. The predicted octanol–water partition coefficient (Wildman–Crippen LogP) is 3.71. The van der Waals surface area contributed by atoms with E-state index in [1.165, 1.54) is 16.9 Å². The van der Waals surface area contributed by atoms with Crippen LogP contribution in [0.5, 0.6) is 0 Å². The van der Waals surface area contributed by atoms with E-state index in [2.05, 4.69) is 15.3 Å². The summed E-state index contributed by atoms with van der Waals surface area (Å²) in [5.74, 6) is -1.43. The number of halogens is 2. The van der Waals surface area contributed by atoms with Gasteiger partial charge in [0.15, 0.2) is 0 Å². The van der Waals surface area contributed by atoms with Crippen LogP contribution in [0.3, 0.4) is 0 Å². The average molecular weight is 434 g/mol. The van der Waals surface area contributed by atoms with E-state index in [1.54, 1.807) is 47.2 Å². The van der Waals surface area contributed by atoms with Crippen LogP contribution < -0.4 is 0 Å². The third kappa shape index (κ3) is 3.26. The summed E-state index contributed by atoms with van der Waals surface area (Å²) in [7, 11) is 1.74. The molecule has 0 aliphatic carbocycles. The molecule has 0 fully saturated rings. The van der Waals surface area contributed by atoms with Crippen molar-refractivity contribution in [1.29, 1.82) is 0 Å². The van der Waals surface area contributed by atoms with Gasteiger partial charge in [-0.15, -0.1) is 0 Å². The molecule has 2 aromatic heterocycles. The van der Waals surface area contributed by atoms with Gasteiger partial charge < -0.3 is 4.90 Å². The molecule has 0 radical (unpaired) electrons. The van der Waals surface area contributed by atoms with Crippen LogP contribution in [0.1, 0.15) is 34.6 Å². The van der Waals surface area contributed by atoms with Gasteiger partial charge in [0.05, 0.1) is 41.1 Å². The second-order valence-electron chi connectivity index (χ2n) is 7.75. The number of benzene rings is 2. The molecule has 4 aromatic rings. The molecular formula is C23H20F2N6O. The summed E-state index contributed by atoms with van der Waals surface area (Å²) < 4.78 is 29.3. The smallest absolute Gasteiger partial charge is 0.256 e. The van der Waals surface area contributed by atoms with E-state index in [0.717, 1.165) is 17.3 Å². The Balaban J connectivity index is 1.52. The fourth-order valence-corrected chi connectivity index (χ4v) is 4.40. The maximum atomic E-state index is 13.8. The zero-order valence-corrected chi connectivity index (χ0v) is 17.5. The molecule has 3 heterocycles. The van der Waals surface area contributed by atoms with E-state index < -0.39 is 11.6 Å². The van der Waals surface area contributed by atoms with Crippen LogP contribution in [-0.4, -0.2) is 42.1 Å². The number of hydrogen-bond donors (Lipinski definition) is 0. The number of amides is 1. The van der Waals surface area contributed by atoms with Crippen molar-refractivity contribution < 1.29 is 13.6 Å². The third-order valence-corrected chi connectivity index (χ3v) is 5.81. The fraction of sp³-hybridized carbons (Fsp3) is 0.217. The lowest BCUT2D eigenvalue weighted by atomic mass is 9.95. The first-order valence-electron chi connectivity index (χ1n) is 10.2. The molecule has 5 rings (SSSR count). The summed E-state index contributed by atoms with van der Waals surface area (Å²) in [5, 5.41) is 12.9. The normalized spacial score (nSPS) is 15.6. The van der Waals surface area contributed by atoms with Crippen molar-refractivity contribution in [2.24, 2.45) is 7.05 Å². The molecule has 0 N–H and O–H groups in total. The minimum atomic E-state index is -0.639. The van der Waals surface area contributed by atoms with E-state index in [-0.39, 0.29) is 11.9 Å². The van der Waals surface area contributed by atoms with Gasteiger partial charge in [0.25, 0.3) is 5.91 Å². The molecule has 0 saturated carbocycles. The highest BCUT2D eigenvalue weighted by atomic mass is 19.1. The zero-order valence-electron chi connectivity index (χ0n) is 17.5. The lowest BCUT2D eigenvalue weighted by Gasteiger charge is -2.33. The van der Waals surface area contributed by atoms with Gasteiger partial charge in [-0.25, -0.2) is 8.78 Å². The SMILES string of the molecule is CC1c2nn(C)c(-c3cc(F)cc(F)c3)c2CCN1C(=O)c1ccccc1-n1nccn1. The van der Waals surface area contributed by atoms with Gasteiger partial charge in [0, 0.05) is 30.8 Å². The van der Waals surface area contributed by atoms with Crippen molar-refractivity contribution in [2.45, 2.75) is 19.4 Å². The minimum Gasteiger partial charge on any atom is -0.330 e. The van der Waals surface area contributed by atoms with Crippen molar-refractivity contribution in [1.82, 2.24) is 29.7 Å². The highest BCUT2D eigenvalue weighted by molar-refractivity contribution is 5.98. The van der Waals surface area contributed by atoms with Gasteiger partial charge in [-0.2, -0.15) is 20.1 Å². The highest BCUT2D eigenvalue weighted by Gasteiger charge is 2.34. The van der Waals surface area contributed by atoms with Gasteiger partial charge in [-0.05, 0) is 37.6 Å². The Morgan fingerprint density at radius 1 is 1.06 bits per heavy atom. The molecule has 9 heteroatoms. The molecule has 162 valence electrons. The summed E-state index contributed by atoms with van der Waals surface area (Å²) in [6.07, 6.45) is 3.64.